The quantitative estimate of drug-likeness (QED) is 0.753. The lowest BCUT2D eigenvalue weighted by atomic mass is 10.1. The predicted molar refractivity (Wildman–Crippen MR) is 91.7 cm³/mol. The van der Waals surface area contributed by atoms with Gasteiger partial charge in [-0.05, 0) is 73.6 Å². The molecule has 1 aliphatic carbocycles. The molecule has 1 aliphatic rings. The van der Waals surface area contributed by atoms with Crippen molar-refractivity contribution in [3.05, 3.63) is 59.2 Å². The van der Waals surface area contributed by atoms with Crippen molar-refractivity contribution in [2.75, 3.05) is 0 Å². The third kappa shape index (κ3) is 3.85. The number of benzene rings is 2. The van der Waals surface area contributed by atoms with Gasteiger partial charge in [-0.2, -0.15) is 8.42 Å². The van der Waals surface area contributed by atoms with E-state index >= 15 is 0 Å². The average molecular weight is 344 g/mol. The Morgan fingerprint density at radius 1 is 1.04 bits per heavy atom. The summed E-state index contributed by atoms with van der Waals surface area (Å²) in [7, 11) is -3.83. The van der Waals surface area contributed by atoms with Crippen LogP contribution in [0.2, 0.25) is 0 Å². The molecular weight excluding hydrogens is 324 g/mol. The molecule has 0 atom stereocenters. The van der Waals surface area contributed by atoms with Crippen LogP contribution < -0.4 is 4.18 Å². The molecule has 0 fully saturated rings. The van der Waals surface area contributed by atoms with E-state index in [0.29, 0.717) is 12.8 Å². The van der Waals surface area contributed by atoms with Crippen LogP contribution in [0.25, 0.3) is 0 Å². The summed E-state index contributed by atoms with van der Waals surface area (Å²) in [5, 5.41) is 0. The van der Waals surface area contributed by atoms with Gasteiger partial charge in [0.05, 0.1) is 0 Å². The van der Waals surface area contributed by atoms with Crippen molar-refractivity contribution < 1.29 is 17.4 Å². The van der Waals surface area contributed by atoms with Gasteiger partial charge >= 0.3 is 10.1 Å². The zero-order valence-corrected chi connectivity index (χ0v) is 14.4. The average Bonchev–Trinajstić information content (AvgIpc) is 3.01. The highest BCUT2D eigenvalue weighted by atomic mass is 32.2. The van der Waals surface area contributed by atoms with Gasteiger partial charge in [0.15, 0.2) is 0 Å². The first-order valence-corrected chi connectivity index (χ1v) is 9.49. The van der Waals surface area contributed by atoms with Gasteiger partial charge in [-0.1, -0.05) is 18.2 Å². The topological polar surface area (TPSA) is 60.4 Å². The lowest BCUT2D eigenvalue weighted by Gasteiger charge is -2.09. The Kier molecular flexibility index (Phi) is 4.71. The van der Waals surface area contributed by atoms with Gasteiger partial charge < -0.3 is 8.98 Å². The molecule has 4 nitrogen and oxygen atoms in total. The van der Waals surface area contributed by atoms with Crippen LogP contribution in [0.1, 0.15) is 36.5 Å². The Morgan fingerprint density at radius 2 is 1.75 bits per heavy atom. The number of ketones is 1. The molecule has 5 heteroatoms. The summed E-state index contributed by atoms with van der Waals surface area (Å²) in [6, 6.07) is 12.0. The van der Waals surface area contributed by atoms with Crippen LogP contribution >= 0.6 is 0 Å². The highest BCUT2D eigenvalue weighted by Gasteiger charge is 2.20. The summed E-state index contributed by atoms with van der Waals surface area (Å²) in [6.07, 6.45) is 4.13. The Hall–Kier alpha value is -2.14. The number of hydrogen-bond acceptors (Lipinski definition) is 4. The van der Waals surface area contributed by atoms with Crippen LogP contribution in [-0.2, 0) is 34.2 Å². The highest BCUT2D eigenvalue weighted by molar-refractivity contribution is 7.87. The molecule has 0 amide bonds. The second-order valence-electron chi connectivity index (χ2n) is 6.17. The fraction of sp³-hybridized carbons (Fsp3) is 0.316. The van der Waals surface area contributed by atoms with Gasteiger partial charge in [0.2, 0.25) is 0 Å². The van der Waals surface area contributed by atoms with Gasteiger partial charge in [0, 0.05) is 6.42 Å². The van der Waals surface area contributed by atoms with Gasteiger partial charge in [-0.25, -0.2) is 0 Å². The van der Waals surface area contributed by atoms with Crippen molar-refractivity contribution in [1.82, 2.24) is 0 Å². The Balaban J connectivity index is 1.73. The first kappa shape index (κ1) is 16.7. The van der Waals surface area contributed by atoms with Crippen molar-refractivity contribution in [2.45, 2.75) is 43.9 Å². The fourth-order valence-electron chi connectivity index (χ4n) is 2.91. The van der Waals surface area contributed by atoms with Crippen molar-refractivity contribution in [2.24, 2.45) is 0 Å². The van der Waals surface area contributed by atoms with Crippen LogP contribution in [0.3, 0.4) is 0 Å². The molecule has 0 aliphatic heterocycles. The Bertz CT molecular complexity index is 851. The predicted octanol–water partition coefficient (Wildman–Crippen LogP) is 3.46. The largest absolute Gasteiger partial charge is 0.379 e. The number of rotatable bonds is 6. The maximum absolute atomic E-state index is 12.4. The molecule has 0 unspecified atom stereocenters. The van der Waals surface area contributed by atoms with E-state index in [4.69, 9.17) is 4.18 Å². The normalized spacial score (nSPS) is 13.5. The molecule has 0 aromatic heterocycles. The molecule has 24 heavy (non-hydrogen) atoms. The standard InChI is InChI=1S/C19H20O4S/c1-14(20)5-6-15-7-10-18(11-8-15)23-24(21,22)19-12-9-16-3-2-4-17(16)13-19/h7-13H,2-6H2,1H3. The summed E-state index contributed by atoms with van der Waals surface area (Å²) in [6.45, 7) is 1.56. The van der Waals surface area contributed by atoms with Gasteiger partial charge in [0.25, 0.3) is 0 Å². The van der Waals surface area contributed by atoms with E-state index in [9.17, 15) is 13.2 Å². The SMILES string of the molecule is CC(=O)CCc1ccc(OS(=O)(=O)c2ccc3c(c2)CCC3)cc1. The van der Waals surface area contributed by atoms with Gasteiger partial charge in [-0.3, -0.25) is 0 Å². The monoisotopic (exact) mass is 344 g/mol. The van der Waals surface area contributed by atoms with Crippen LogP contribution in [0.5, 0.6) is 5.75 Å². The number of aryl methyl sites for hydroxylation is 3. The molecule has 0 heterocycles. The highest BCUT2D eigenvalue weighted by Crippen LogP contribution is 2.26. The van der Waals surface area contributed by atoms with Crippen LogP contribution in [-0.4, -0.2) is 14.2 Å². The summed E-state index contributed by atoms with van der Waals surface area (Å²) < 4.78 is 30.1. The number of carbonyl (C=O) groups excluding carboxylic acids is 1. The van der Waals surface area contributed by atoms with Crippen LogP contribution in [0.15, 0.2) is 47.4 Å². The zero-order valence-electron chi connectivity index (χ0n) is 13.6. The molecular formula is C19H20O4S. The Labute approximate surface area is 142 Å². The second kappa shape index (κ2) is 6.77. The lowest BCUT2D eigenvalue weighted by Crippen LogP contribution is -2.10. The molecule has 0 saturated carbocycles. The minimum atomic E-state index is -3.83. The number of Topliss-reactive ketones (excluding diaryl/α,β-unsaturated/α-hetero) is 1. The first-order chi connectivity index (χ1) is 11.4. The summed E-state index contributed by atoms with van der Waals surface area (Å²) in [4.78, 5) is 11.2. The first-order valence-electron chi connectivity index (χ1n) is 8.09. The van der Waals surface area contributed by atoms with E-state index in [1.165, 1.54) is 5.56 Å². The third-order valence-electron chi connectivity index (χ3n) is 4.25. The summed E-state index contributed by atoms with van der Waals surface area (Å²) in [5.41, 5.74) is 3.30. The zero-order chi connectivity index (χ0) is 17.2. The molecule has 3 rings (SSSR count). The van der Waals surface area contributed by atoms with Crippen molar-refractivity contribution in [1.29, 1.82) is 0 Å². The second-order valence-corrected chi connectivity index (χ2v) is 7.71. The third-order valence-corrected chi connectivity index (χ3v) is 5.50. The van der Waals surface area contributed by atoms with Crippen molar-refractivity contribution in [3.8, 4) is 5.75 Å². The van der Waals surface area contributed by atoms with Crippen LogP contribution in [0, 0.1) is 0 Å². The summed E-state index contributed by atoms with van der Waals surface area (Å²) in [5.74, 6) is 0.414. The van der Waals surface area contributed by atoms with E-state index in [1.807, 2.05) is 6.07 Å². The van der Waals surface area contributed by atoms with E-state index in [-0.39, 0.29) is 16.4 Å². The maximum atomic E-state index is 12.4. The molecule has 0 radical (unpaired) electrons. The Morgan fingerprint density at radius 3 is 2.46 bits per heavy atom. The molecule has 126 valence electrons. The van der Waals surface area contributed by atoms with Gasteiger partial charge in [0.1, 0.15) is 16.4 Å². The molecule has 0 saturated heterocycles. The molecule has 0 bridgehead atoms. The summed E-state index contributed by atoms with van der Waals surface area (Å²) >= 11 is 0. The number of hydrogen-bond donors (Lipinski definition) is 0. The molecule has 2 aromatic rings. The minimum Gasteiger partial charge on any atom is -0.379 e. The van der Waals surface area contributed by atoms with Crippen LogP contribution in [0.4, 0.5) is 0 Å². The molecule has 0 N–H and O–H groups in total. The maximum Gasteiger partial charge on any atom is 0.339 e. The van der Waals surface area contributed by atoms with E-state index in [0.717, 1.165) is 30.4 Å². The van der Waals surface area contributed by atoms with Crippen molar-refractivity contribution >= 4 is 15.9 Å². The molecule has 2 aromatic carbocycles. The van der Waals surface area contributed by atoms with Crippen molar-refractivity contribution in [3.63, 3.8) is 0 Å². The smallest absolute Gasteiger partial charge is 0.339 e. The molecule has 0 spiro atoms. The van der Waals surface area contributed by atoms with E-state index in [1.54, 1.807) is 43.3 Å². The number of fused-ring (bicyclic) bond motifs is 1. The minimum absolute atomic E-state index is 0.134. The lowest BCUT2D eigenvalue weighted by molar-refractivity contribution is -0.116. The van der Waals surface area contributed by atoms with E-state index in [2.05, 4.69) is 0 Å². The van der Waals surface area contributed by atoms with Gasteiger partial charge in [-0.15, -0.1) is 0 Å². The fourth-order valence-corrected chi connectivity index (χ4v) is 3.89. The number of carbonyl (C=O) groups is 1. The van der Waals surface area contributed by atoms with E-state index < -0.39 is 10.1 Å².